The molecular formula is C13H20O. The van der Waals surface area contributed by atoms with Gasteiger partial charge in [-0.25, -0.2) is 0 Å². The van der Waals surface area contributed by atoms with Crippen molar-refractivity contribution in [3.05, 3.63) is 24.3 Å². The second-order valence-electron chi connectivity index (χ2n) is 4.51. The first-order valence-electron chi connectivity index (χ1n) is 5.44. The number of hydrogen-bond acceptors (Lipinski definition) is 1. The summed E-state index contributed by atoms with van der Waals surface area (Å²) in [4.78, 5) is 11.1. The average molecular weight is 192 g/mol. The van der Waals surface area contributed by atoms with Gasteiger partial charge in [-0.15, -0.1) is 6.58 Å². The monoisotopic (exact) mass is 192 g/mol. The van der Waals surface area contributed by atoms with Crippen LogP contribution >= 0.6 is 0 Å². The fourth-order valence-electron chi connectivity index (χ4n) is 2.04. The quantitative estimate of drug-likeness (QED) is 0.480. The number of carbonyl (C=O) groups excluding carboxylic acids is 1. The van der Waals surface area contributed by atoms with E-state index in [4.69, 9.17) is 0 Å². The highest BCUT2D eigenvalue weighted by Gasteiger charge is 2.28. The van der Waals surface area contributed by atoms with Gasteiger partial charge in [0.05, 0.1) is 0 Å². The SMILES string of the molecule is C=C(C)CCCC1(C=O)CC=CCC1. The van der Waals surface area contributed by atoms with Crippen LogP contribution in [0, 0.1) is 5.41 Å². The van der Waals surface area contributed by atoms with Gasteiger partial charge in [0, 0.05) is 5.41 Å². The molecule has 1 nitrogen and oxygen atoms in total. The Labute approximate surface area is 86.9 Å². The van der Waals surface area contributed by atoms with E-state index in [0.29, 0.717) is 0 Å². The molecule has 1 atom stereocenters. The Hall–Kier alpha value is -0.850. The van der Waals surface area contributed by atoms with Gasteiger partial charge in [-0.1, -0.05) is 17.7 Å². The summed E-state index contributed by atoms with van der Waals surface area (Å²) in [6.45, 7) is 5.93. The molecule has 0 radical (unpaired) electrons. The first-order chi connectivity index (χ1) is 6.68. The minimum atomic E-state index is -0.0514. The van der Waals surface area contributed by atoms with Crippen molar-refractivity contribution in [1.82, 2.24) is 0 Å². The molecule has 0 aromatic heterocycles. The molecule has 78 valence electrons. The smallest absolute Gasteiger partial charge is 0.126 e. The zero-order valence-corrected chi connectivity index (χ0v) is 9.09. The summed E-state index contributed by atoms with van der Waals surface area (Å²) in [5.41, 5.74) is 1.17. The van der Waals surface area contributed by atoms with Gasteiger partial charge in [0.1, 0.15) is 6.29 Å². The van der Waals surface area contributed by atoms with Crippen molar-refractivity contribution >= 4 is 6.29 Å². The Bertz CT molecular complexity index is 240. The third-order valence-corrected chi connectivity index (χ3v) is 3.03. The van der Waals surface area contributed by atoms with Gasteiger partial charge in [-0.3, -0.25) is 0 Å². The molecule has 0 N–H and O–H groups in total. The van der Waals surface area contributed by atoms with E-state index in [1.54, 1.807) is 0 Å². The highest BCUT2D eigenvalue weighted by molar-refractivity contribution is 5.60. The lowest BCUT2D eigenvalue weighted by molar-refractivity contribution is -0.117. The molecule has 1 heteroatoms. The first-order valence-corrected chi connectivity index (χ1v) is 5.44. The van der Waals surface area contributed by atoms with Crippen molar-refractivity contribution in [2.24, 2.45) is 5.41 Å². The Kier molecular flexibility index (Phi) is 4.12. The number of hydrogen-bond donors (Lipinski definition) is 0. The molecule has 0 aromatic rings. The zero-order chi connectivity index (χ0) is 10.4. The van der Waals surface area contributed by atoms with Gasteiger partial charge < -0.3 is 4.79 Å². The van der Waals surface area contributed by atoms with Crippen molar-refractivity contribution in [1.29, 1.82) is 0 Å². The van der Waals surface area contributed by atoms with E-state index in [2.05, 4.69) is 18.7 Å². The van der Waals surface area contributed by atoms with E-state index in [1.807, 2.05) is 6.92 Å². The Morgan fingerprint density at radius 3 is 2.86 bits per heavy atom. The third kappa shape index (κ3) is 3.13. The minimum Gasteiger partial charge on any atom is -0.303 e. The van der Waals surface area contributed by atoms with E-state index in [1.165, 1.54) is 11.9 Å². The molecule has 0 spiro atoms. The maximum atomic E-state index is 11.1. The molecule has 0 aromatic carbocycles. The van der Waals surface area contributed by atoms with Crippen LogP contribution in [0.3, 0.4) is 0 Å². The number of carbonyl (C=O) groups is 1. The Morgan fingerprint density at radius 2 is 2.36 bits per heavy atom. The molecule has 0 fully saturated rings. The maximum Gasteiger partial charge on any atom is 0.126 e. The molecule has 1 unspecified atom stereocenters. The minimum absolute atomic E-state index is 0.0514. The molecule has 0 aliphatic heterocycles. The van der Waals surface area contributed by atoms with Crippen LogP contribution in [0.1, 0.15) is 45.4 Å². The highest BCUT2D eigenvalue weighted by atomic mass is 16.1. The van der Waals surface area contributed by atoms with Gasteiger partial charge >= 0.3 is 0 Å². The van der Waals surface area contributed by atoms with E-state index in [0.717, 1.165) is 38.5 Å². The van der Waals surface area contributed by atoms with Crippen LogP contribution in [0.2, 0.25) is 0 Å². The van der Waals surface area contributed by atoms with Gasteiger partial charge in [0.25, 0.3) is 0 Å². The second-order valence-corrected chi connectivity index (χ2v) is 4.51. The van der Waals surface area contributed by atoms with E-state index in [-0.39, 0.29) is 5.41 Å². The van der Waals surface area contributed by atoms with Crippen molar-refractivity contribution in [2.75, 3.05) is 0 Å². The predicted molar refractivity (Wildman–Crippen MR) is 60.2 cm³/mol. The summed E-state index contributed by atoms with van der Waals surface area (Å²) in [6.07, 6.45) is 11.7. The van der Waals surface area contributed by atoms with Crippen LogP contribution in [0.5, 0.6) is 0 Å². The van der Waals surface area contributed by atoms with E-state index >= 15 is 0 Å². The van der Waals surface area contributed by atoms with E-state index < -0.39 is 0 Å². The molecule has 0 saturated carbocycles. The summed E-state index contributed by atoms with van der Waals surface area (Å²) in [5.74, 6) is 0. The first kappa shape index (κ1) is 11.2. The predicted octanol–water partition coefficient (Wildman–Crippen LogP) is 3.66. The molecule has 1 aliphatic carbocycles. The molecule has 1 aliphatic rings. The van der Waals surface area contributed by atoms with Crippen molar-refractivity contribution < 1.29 is 4.79 Å². The Balaban J connectivity index is 2.41. The van der Waals surface area contributed by atoms with Crippen LogP contribution in [0.4, 0.5) is 0 Å². The summed E-state index contributed by atoms with van der Waals surface area (Å²) in [5, 5.41) is 0. The summed E-state index contributed by atoms with van der Waals surface area (Å²) < 4.78 is 0. The van der Waals surface area contributed by atoms with E-state index in [9.17, 15) is 4.79 Å². The molecule has 14 heavy (non-hydrogen) atoms. The van der Waals surface area contributed by atoms with Crippen molar-refractivity contribution in [3.8, 4) is 0 Å². The summed E-state index contributed by atoms with van der Waals surface area (Å²) in [6, 6.07) is 0. The fraction of sp³-hybridized carbons (Fsp3) is 0.615. The second kappa shape index (κ2) is 5.14. The number of rotatable bonds is 5. The van der Waals surface area contributed by atoms with Crippen molar-refractivity contribution in [2.45, 2.75) is 45.4 Å². The number of allylic oxidation sites excluding steroid dienone is 3. The average Bonchev–Trinajstić information content (AvgIpc) is 2.19. The molecule has 0 heterocycles. The number of aldehydes is 1. The standard InChI is InChI=1S/C13H20O/c1-12(2)7-6-10-13(11-14)8-4-3-5-9-13/h3-4,11H,1,5-10H2,2H3. The Morgan fingerprint density at radius 1 is 1.57 bits per heavy atom. The highest BCUT2D eigenvalue weighted by Crippen LogP contribution is 2.35. The lowest BCUT2D eigenvalue weighted by atomic mass is 9.74. The lowest BCUT2D eigenvalue weighted by Crippen LogP contribution is -2.23. The normalized spacial score (nSPS) is 26.1. The topological polar surface area (TPSA) is 17.1 Å². The van der Waals surface area contributed by atoms with Gasteiger partial charge in [0.2, 0.25) is 0 Å². The van der Waals surface area contributed by atoms with Gasteiger partial charge in [-0.05, 0) is 45.4 Å². The molecule has 0 bridgehead atoms. The molecular weight excluding hydrogens is 172 g/mol. The molecule has 0 saturated heterocycles. The summed E-state index contributed by atoms with van der Waals surface area (Å²) in [7, 11) is 0. The third-order valence-electron chi connectivity index (χ3n) is 3.03. The fourth-order valence-corrected chi connectivity index (χ4v) is 2.04. The molecule has 0 amide bonds. The van der Waals surface area contributed by atoms with Crippen LogP contribution in [-0.2, 0) is 4.79 Å². The van der Waals surface area contributed by atoms with Gasteiger partial charge in [-0.2, -0.15) is 0 Å². The van der Waals surface area contributed by atoms with Crippen molar-refractivity contribution in [3.63, 3.8) is 0 Å². The van der Waals surface area contributed by atoms with Crippen LogP contribution < -0.4 is 0 Å². The zero-order valence-electron chi connectivity index (χ0n) is 9.09. The van der Waals surface area contributed by atoms with Crippen LogP contribution in [0.25, 0.3) is 0 Å². The van der Waals surface area contributed by atoms with Crippen LogP contribution in [-0.4, -0.2) is 6.29 Å². The van der Waals surface area contributed by atoms with Gasteiger partial charge in [0.15, 0.2) is 0 Å². The maximum absolute atomic E-state index is 11.1. The largest absolute Gasteiger partial charge is 0.303 e. The lowest BCUT2D eigenvalue weighted by Gasteiger charge is -2.29. The summed E-state index contributed by atoms with van der Waals surface area (Å²) >= 11 is 0. The molecule has 1 rings (SSSR count). The van der Waals surface area contributed by atoms with Crippen LogP contribution in [0.15, 0.2) is 24.3 Å².